The molecule has 0 atom stereocenters. The lowest BCUT2D eigenvalue weighted by atomic mass is 10.1. The van der Waals surface area contributed by atoms with Gasteiger partial charge in [0.1, 0.15) is 0 Å². The Balaban J connectivity index is 1.30. The number of nitrogens with one attached hydrogen (secondary N) is 2. The minimum absolute atomic E-state index is 0.367. The van der Waals surface area contributed by atoms with E-state index in [0.29, 0.717) is 25.9 Å². The standard InChI is InChI=1S/C25H28N4O/c1-17-15-24(20-7-3-5-9-22(20)28-17)26-13-11-19(30)12-14-27-25-16-18(2)29-23-10-6-4-8-21(23)25/h3-10,15-16,19,30H,11-14H2,1-2H3,(H,26,28)(H,27,29). The Morgan fingerprint density at radius 3 is 1.63 bits per heavy atom. The van der Waals surface area contributed by atoms with Crippen molar-refractivity contribution in [1.82, 2.24) is 9.97 Å². The molecule has 0 spiro atoms. The van der Waals surface area contributed by atoms with Crippen LogP contribution in [0.3, 0.4) is 0 Å². The summed E-state index contributed by atoms with van der Waals surface area (Å²) >= 11 is 0. The van der Waals surface area contributed by atoms with E-state index in [4.69, 9.17) is 0 Å². The Morgan fingerprint density at radius 2 is 1.17 bits per heavy atom. The van der Waals surface area contributed by atoms with Crippen molar-refractivity contribution in [2.75, 3.05) is 23.7 Å². The predicted molar refractivity (Wildman–Crippen MR) is 125 cm³/mol. The number of anilines is 2. The summed E-state index contributed by atoms with van der Waals surface area (Å²) in [4.78, 5) is 9.15. The molecule has 2 heterocycles. The van der Waals surface area contributed by atoms with Gasteiger partial charge in [0.25, 0.3) is 0 Å². The SMILES string of the molecule is Cc1cc(NCCC(O)CCNc2cc(C)nc3ccccc23)c2ccccc2n1. The third kappa shape index (κ3) is 4.69. The van der Waals surface area contributed by atoms with E-state index in [0.717, 1.165) is 44.6 Å². The normalized spacial score (nSPS) is 11.3. The lowest BCUT2D eigenvalue weighted by Crippen LogP contribution is -2.17. The second-order valence-electron chi connectivity index (χ2n) is 7.74. The molecular weight excluding hydrogens is 372 g/mol. The van der Waals surface area contributed by atoms with Gasteiger partial charge in [0, 0.05) is 46.6 Å². The maximum atomic E-state index is 10.4. The number of aryl methyl sites for hydroxylation is 2. The van der Waals surface area contributed by atoms with Gasteiger partial charge in [-0.1, -0.05) is 36.4 Å². The van der Waals surface area contributed by atoms with Gasteiger partial charge in [-0.3, -0.25) is 9.97 Å². The highest BCUT2D eigenvalue weighted by molar-refractivity contribution is 5.92. The van der Waals surface area contributed by atoms with Crippen LogP contribution in [0.1, 0.15) is 24.2 Å². The summed E-state index contributed by atoms with van der Waals surface area (Å²) < 4.78 is 0. The van der Waals surface area contributed by atoms with Gasteiger partial charge in [-0.05, 0) is 51.0 Å². The fourth-order valence-corrected chi connectivity index (χ4v) is 3.80. The molecule has 0 fully saturated rings. The molecule has 3 N–H and O–H groups in total. The molecule has 0 aliphatic carbocycles. The van der Waals surface area contributed by atoms with Crippen LogP contribution < -0.4 is 10.6 Å². The van der Waals surface area contributed by atoms with Crippen LogP contribution in [0.2, 0.25) is 0 Å². The number of hydrogen-bond donors (Lipinski definition) is 3. The number of rotatable bonds is 8. The van der Waals surface area contributed by atoms with E-state index in [1.807, 2.05) is 50.2 Å². The molecule has 4 rings (SSSR count). The number of para-hydroxylation sites is 2. The van der Waals surface area contributed by atoms with E-state index in [9.17, 15) is 5.11 Å². The molecule has 2 aromatic carbocycles. The molecule has 0 bridgehead atoms. The van der Waals surface area contributed by atoms with Crippen molar-refractivity contribution in [2.24, 2.45) is 0 Å². The van der Waals surface area contributed by atoms with Gasteiger partial charge in [-0.2, -0.15) is 0 Å². The molecule has 4 aromatic rings. The van der Waals surface area contributed by atoms with Crippen molar-refractivity contribution >= 4 is 33.2 Å². The molecule has 0 amide bonds. The van der Waals surface area contributed by atoms with Crippen molar-refractivity contribution in [3.8, 4) is 0 Å². The Labute approximate surface area is 177 Å². The van der Waals surface area contributed by atoms with Crippen LogP contribution in [0, 0.1) is 13.8 Å². The zero-order valence-corrected chi connectivity index (χ0v) is 17.5. The van der Waals surface area contributed by atoms with E-state index in [2.05, 4.69) is 44.9 Å². The summed E-state index contributed by atoms with van der Waals surface area (Å²) in [6.07, 6.45) is 1.01. The van der Waals surface area contributed by atoms with E-state index >= 15 is 0 Å². The van der Waals surface area contributed by atoms with Crippen LogP contribution in [-0.2, 0) is 0 Å². The van der Waals surface area contributed by atoms with Gasteiger partial charge in [0.05, 0.1) is 17.1 Å². The zero-order valence-electron chi connectivity index (χ0n) is 17.5. The topological polar surface area (TPSA) is 70.1 Å². The number of fused-ring (bicyclic) bond motifs is 2. The van der Waals surface area contributed by atoms with Gasteiger partial charge in [-0.25, -0.2) is 0 Å². The minimum atomic E-state index is -0.367. The number of nitrogens with zero attached hydrogens (tertiary/aromatic N) is 2. The van der Waals surface area contributed by atoms with Crippen LogP contribution in [-0.4, -0.2) is 34.3 Å². The third-order valence-electron chi connectivity index (χ3n) is 5.27. The first-order chi connectivity index (χ1) is 14.6. The van der Waals surface area contributed by atoms with Crippen molar-refractivity contribution in [1.29, 1.82) is 0 Å². The molecule has 0 aliphatic rings. The monoisotopic (exact) mass is 400 g/mol. The van der Waals surface area contributed by atoms with Crippen LogP contribution in [0.25, 0.3) is 21.8 Å². The number of aromatic nitrogens is 2. The molecular formula is C25H28N4O. The fraction of sp³-hybridized carbons (Fsp3) is 0.280. The third-order valence-corrected chi connectivity index (χ3v) is 5.27. The summed E-state index contributed by atoms with van der Waals surface area (Å²) in [6, 6.07) is 20.4. The summed E-state index contributed by atoms with van der Waals surface area (Å²) in [5, 5.41) is 19.6. The molecule has 5 heteroatoms. The number of benzene rings is 2. The van der Waals surface area contributed by atoms with E-state index in [1.165, 1.54) is 0 Å². The van der Waals surface area contributed by atoms with E-state index in [-0.39, 0.29) is 6.10 Å². The lowest BCUT2D eigenvalue weighted by Gasteiger charge is -2.15. The van der Waals surface area contributed by atoms with E-state index < -0.39 is 0 Å². The Bertz CT molecular complexity index is 1070. The van der Waals surface area contributed by atoms with Crippen molar-refractivity contribution in [3.05, 3.63) is 72.1 Å². The summed E-state index contributed by atoms with van der Waals surface area (Å²) in [7, 11) is 0. The average molecular weight is 401 g/mol. The second kappa shape index (κ2) is 9.09. The summed E-state index contributed by atoms with van der Waals surface area (Å²) in [5.74, 6) is 0. The van der Waals surface area contributed by atoms with Crippen molar-refractivity contribution < 1.29 is 5.11 Å². The molecule has 0 saturated carbocycles. The first kappa shape index (κ1) is 20.1. The molecule has 30 heavy (non-hydrogen) atoms. The maximum absolute atomic E-state index is 10.4. The molecule has 154 valence electrons. The van der Waals surface area contributed by atoms with Crippen molar-refractivity contribution in [2.45, 2.75) is 32.8 Å². The largest absolute Gasteiger partial charge is 0.393 e. The number of pyridine rings is 2. The Hall–Kier alpha value is -3.18. The smallest absolute Gasteiger partial charge is 0.0725 e. The quantitative estimate of drug-likeness (QED) is 0.385. The summed E-state index contributed by atoms with van der Waals surface area (Å²) in [6.45, 7) is 5.43. The molecule has 5 nitrogen and oxygen atoms in total. The number of aliphatic hydroxyl groups is 1. The van der Waals surface area contributed by atoms with Gasteiger partial charge < -0.3 is 15.7 Å². The van der Waals surface area contributed by atoms with Gasteiger partial charge >= 0.3 is 0 Å². The predicted octanol–water partition coefficient (Wildman–Crippen LogP) is 5.06. The maximum Gasteiger partial charge on any atom is 0.0725 e. The average Bonchev–Trinajstić information content (AvgIpc) is 2.73. The van der Waals surface area contributed by atoms with Gasteiger partial charge in [0.2, 0.25) is 0 Å². The first-order valence-corrected chi connectivity index (χ1v) is 10.5. The molecule has 0 saturated heterocycles. The van der Waals surface area contributed by atoms with Crippen LogP contribution >= 0.6 is 0 Å². The Morgan fingerprint density at radius 1 is 0.733 bits per heavy atom. The Kier molecular flexibility index (Phi) is 6.10. The van der Waals surface area contributed by atoms with Crippen LogP contribution in [0.4, 0.5) is 11.4 Å². The number of aliphatic hydroxyl groups excluding tert-OH is 1. The van der Waals surface area contributed by atoms with Crippen LogP contribution in [0.5, 0.6) is 0 Å². The molecule has 0 radical (unpaired) electrons. The minimum Gasteiger partial charge on any atom is -0.393 e. The van der Waals surface area contributed by atoms with Gasteiger partial charge in [-0.15, -0.1) is 0 Å². The van der Waals surface area contributed by atoms with Gasteiger partial charge in [0.15, 0.2) is 0 Å². The highest BCUT2D eigenvalue weighted by Gasteiger charge is 2.08. The lowest BCUT2D eigenvalue weighted by molar-refractivity contribution is 0.162. The van der Waals surface area contributed by atoms with E-state index in [1.54, 1.807) is 0 Å². The highest BCUT2D eigenvalue weighted by atomic mass is 16.3. The highest BCUT2D eigenvalue weighted by Crippen LogP contribution is 2.24. The van der Waals surface area contributed by atoms with Crippen LogP contribution in [0.15, 0.2) is 60.7 Å². The first-order valence-electron chi connectivity index (χ1n) is 10.5. The molecule has 0 aliphatic heterocycles. The fourth-order valence-electron chi connectivity index (χ4n) is 3.80. The molecule has 2 aromatic heterocycles. The number of hydrogen-bond acceptors (Lipinski definition) is 5. The molecule has 0 unspecified atom stereocenters. The second-order valence-corrected chi connectivity index (χ2v) is 7.74. The zero-order chi connectivity index (χ0) is 20.9. The summed E-state index contributed by atoms with van der Waals surface area (Å²) in [5.41, 5.74) is 6.10. The van der Waals surface area contributed by atoms with Crippen molar-refractivity contribution in [3.63, 3.8) is 0 Å².